The van der Waals surface area contributed by atoms with Gasteiger partial charge in [0.1, 0.15) is 0 Å². The number of nitrogens with one attached hydrogen (secondary N) is 4. The molecule has 3 aliphatic rings. The first-order valence-corrected chi connectivity index (χ1v) is 12.2. The highest BCUT2D eigenvalue weighted by atomic mass is 16.2. The fraction of sp³-hybridized carbons (Fsp3) is 0.640. The third kappa shape index (κ3) is 5.22. The van der Waals surface area contributed by atoms with E-state index >= 15 is 0 Å². The van der Waals surface area contributed by atoms with Crippen LogP contribution in [-0.4, -0.2) is 61.1 Å². The normalized spacial score (nSPS) is 32.1. The van der Waals surface area contributed by atoms with Crippen molar-refractivity contribution in [3.8, 4) is 0 Å². The van der Waals surface area contributed by atoms with Crippen LogP contribution in [0.4, 0.5) is 4.79 Å². The van der Waals surface area contributed by atoms with Crippen molar-refractivity contribution in [3.63, 3.8) is 0 Å². The van der Waals surface area contributed by atoms with Crippen molar-refractivity contribution in [3.05, 3.63) is 34.9 Å². The lowest BCUT2D eigenvalue weighted by Crippen LogP contribution is -2.57. The van der Waals surface area contributed by atoms with Gasteiger partial charge < -0.3 is 15.5 Å². The summed E-state index contributed by atoms with van der Waals surface area (Å²) in [5.41, 5.74) is 2.25. The summed E-state index contributed by atoms with van der Waals surface area (Å²) in [6.07, 6.45) is 3.48. The molecule has 0 spiro atoms. The van der Waals surface area contributed by atoms with E-state index in [0.29, 0.717) is 23.4 Å². The van der Waals surface area contributed by atoms with Crippen LogP contribution in [0, 0.1) is 18.8 Å². The van der Waals surface area contributed by atoms with Crippen molar-refractivity contribution >= 4 is 17.8 Å². The zero-order chi connectivity index (χ0) is 23.7. The molecule has 1 aromatic carbocycles. The number of likely N-dealkylation sites (N-methyl/N-ethyl adjacent to an activating group) is 1. The van der Waals surface area contributed by atoms with E-state index in [1.54, 1.807) is 12.1 Å². The van der Waals surface area contributed by atoms with Gasteiger partial charge in [0.15, 0.2) is 0 Å². The van der Waals surface area contributed by atoms with Gasteiger partial charge in [0, 0.05) is 31.2 Å². The molecule has 3 fully saturated rings. The lowest BCUT2D eigenvalue weighted by Gasteiger charge is -2.47. The summed E-state index contributed by atoms with van der Waals surface area (Å²) in [4.78, 5) is 40.4. The predicted molar refractivity (Wildman–Crippen MR) is 127 cm³/mol. The number of benzene rings is 1. The summed E-state index contributed by atoms with van der Waals surface area (Å²) >= 11 is 0. The van der Waals surface area contributed by atoms with Crippen LogP contribution in [0.1, 0.15) is 66.9 Å². The maximum atomic E-state index is 13.3. The molecule has 0 bridgehead atoms. The smallest absolute Gasteiger partial charge is 0.322 e. The van der Waals surface area contributed by atoms with Crippen LogP contribution < -0.4 is 21.3 Å². The molecule has 8 nitrogen and oxygen atoms in total. The van der Waals surface area contributed by atoms with Crippen molar-refractivity contribution in [2.24, 2.45) is 11.8 Å². The maximum Gasteiger partial charge on any atom is 0.322 e. The number of hydrogen-bond acceptors (Lipinski definition) is 5. The van der Waals surface area contributed by atoms with Crippen LogP contribution in [-0.2, 0) is 4.79 Å². The fourth-order valence-corrected chi connectivity index (χ4v) is 5.56. The third-order valence-corrected chi connectivity index (χ3v) is 7.66. The standard InChI is InChI=1S/C25H37N5O3/c1-14-5-8-22(27-12-14)28-25(33)29-23(31)17-7-6-15(2)19(10-17)20-11-18-13-26-16(3)9-21(18)30(4)24(20)32/h6-7,10,14,16,18,20-22,26-27H,5,8-9,11-13H2,1-4H3,(H2,28,29,31,33). The van der Waals surface area contributed by atoms with Crippen LogP contribution in [0.5, 0.6) is 0 Å². The number of likely N-dealkylation sites (tertiary alicyclic amines) is 1. The molecule has 4 N–H and O–H groups in total. The lowest BCUT2D eigenvalue weighted by atomic mass is 9.75. The molecular formula is C25H37N5O3. The first kappa shape index (κ1) is 23.7. The minimum atomic E-state index is -0.507. The molecule has 6 atom stereocenters. The highest BCUT2D eigenvalue weighted by Gasteiger charge is 2.43. The van der Waals surface area contributed by atoms with E-state index < -0.39 is 11.9 Å². The average molecular weight is 456 g/mol. The highest BCUT2D eigenvalue weighted by molar-refractivity contribution is 6.04. The summed E-state index contributed by atoms with van der Waals surface area (Å²) < 4.78 is 0. The van der Waals surface area contributed by atoms with Gasteiger partial charge in [-0.25, -0.2) is 4.79 Å². The van der Waals surface area contributed by atoms with Crippen molar-refractivity contribution in [2.45, 2.75) is 70.6 Å². The maximum absolute atomic E-state index is 13.3. The number of aryl methyl sites for hydroxylation is 1. The molecule has 8 heteroatoms. The number of imide groups is 1. The zero-order valence-electron chi connectivity index (χ0n) is 20.1. The van der Waals surface area contributed by atoms with Crippen LogP contribution in [0.3, 0.4) is 0 Å². The van der Waals surface area contributed by atoms with E-state index in [9.17, 15) is 14.4 Å². The number of nitrogens with zero attached hydrogens (tertiary/aromatic N) is 1. The van der Waals surface area contributed by atoms with Gasteiger partial charge in [-0.15, -0.1) is 0 Å². The van der Waals surface area contributed by atoms with Gasteiger partial charge in [0.05, 0.1) is 12.1 Å². The quantitative estimate of drug-likeness (QED) is 0.559. The number of urea groups is 1. The molecule has 4 amide bonds. The number of carbonyl (C=O) groups is 3. The van der Waals surface area contributed by atoms with Crippen LogP contribution in [0.2, 0.25) is 0 Å². The van der Waals surface area contributed by atoms with Crippen molar-refractivity contribution in [1.29, 1.82) is 0 Å². The number of fused-ring (bicyclic) bond motifs is 1. The summed E-state index contributed by atoms with van der Waals surface area (Å²) in [6, 6.07) is 5.53. The number of carbonyl (C=O) groups excluding carboxylic acids is 3. The monoisotopic (exact) mass is 455 g/mol. The topological polar surface area (TPSA) is 103 Å². The molecule has 33 heavy (non-hydrogen) atoms. The van der Waals surface area contributed by atoms with E-state index in [4.69, 9.17) is 0 Å². The van der Waals surface area contributed by atoms with E-state index in [-0.39, 0.29) is 24.0 Å². The van der Waals surface area contributed by atoms with E-state index in [0.717, 1.165) is 49.9 Å². The Morgan fingerprint density at radius 3 is 2.61 bits per heavy atom. The molecule has 3 saturated heterocycles. The van der Waals surface area contributed by atoms with Crippen LogP contribution in [0.25, 0.3) is 0 Å². The Morgan fingerprint density at radius 1 is 1.09 bits per heavy atom. The predicted octanol–water partition coefficient (Wildman–Crippen LogP) is 2.09. The second-order valence-corrected chi connectivity index (χ2v) is 10.3. The minimum Gasteiger partial charge on any atom is -0.342 e. The highest BCUT2D eigenvalue weighted by Crippen LogP contribution is 2.38. The van der Waals surface area contributed by atoms with Gasteiger partial charge in [-0.05, 0) is 81.2 Å². The molecule has 3 heterocycles. The molecule has 0 saturated carbocycles. The largest absolute Gasteiger partial charge is 0.342 e. The molecule has 3 aliphatic heterocycles. The van der Waals surface area contributed by atoms with Gasteiger partial charge in [0.2, 0.25) is 5.91 Å². The van der Waals surface area contributed by atoms with Gasteiger partial charge in [-0.2, -0.15) is 0 Å². The van der Waals surface area contributed by atoms with E-state index in [2.05, 4.69) is 35.1 Å². The molecule has 1 aromatic rings. The lowest BCUT2D eigenvalue weighted by molar-refractivity contribution is -0.140. The molecule has 4 rings (SSSR count). The second-order valence-electron chi connectivity index (χ2n) is 10.3. The van der Waals surface area contributed by atoms with Crippen LogP contribution >= 0.6 is 0 Å². The van der Waals surface area contributed by atoms with Crippen molar-refractivity contribution in [2.75, 3.05) is 20.1 Å². The van der Waals surface area contributed by atoms with Gasteiger partial charge in [-0.3, -0.25) is 20.2 Å². The molecule has 6 unspecified atom stereocenters. The summed E-state index contributed by atoms with van der Waals surface area (Å²) in [6.45, 7) is 8.05. The van der Waals surface area contributed by atoms with Crippen molar-refractivity contribution < 1.29 is 14.4 Å². The Bertz CT molecular complexity index is 911. The number of hydrogen-bond donors (Lipinski definition) is 4. The number of amides is 4. The molecule has 0 aromatic heterocycles. The fourth-order valence-electron chi connectivity index (χ4n) is 5.56. The second kappa shape index (κ2) is 9.81. The molecule has 180 valence electrons. The van der Waals surface area contributed by atoms with E-state index in [1.807, 2.05) is 24.9 Å². The van der Waals surface area contributed by atoms with Crippen molar-refractivity contribution in [1.82, 2.24) is 26.2 Å². The first-order chi connectivity index (χ1) is 15.7. The summed E-state index contributed by atoms with van der Waals surface area (Å²) in [7, 11) is 1.90. The molecular weight excluding hydrogens is 418 g/mol. The Labute approximate surface area is 196 Å². The van der Waals surface area contributed by atoms with Gasteiger partial charge in [0.25, 0.3) is 5.91 Å². The van der Waals surface area contributed by atoms with E-state index in [1.165, 1.54) is 0 Å². The Balaban J connectivity index is 1.44. The Hall–Kier alpha value is -2.45. The first-order valence-electron chi connectivity index (χ1n) is 12.2. The minimum absolute atomic E-state index is 0.112. The molecule has 0 radical (unpaired) electrons. The summed E-state index contributed by atoms with van der Waals surface area (Å²) in [5, 5.41) is 12.1. The zero-order valence-corrected chi connectivity index (χ0v) is 20.1. The Kier molecular flexibility index (Phi) is 7.05. The number of rotatable bonds is 3. The molecule has 0 aliphatic carbocycles. The Morgan fingerprint density at radius 2 is 1.88 bits per heavy atom. The number of piperidine rings is 3. The average Bonchev–Trinajstić information content (AvgIpc) is 2.78. The van der Waals surface area contributed by atoms with Gasteiger partial charge in [-0.1, -0.05) is 13.0 Å². The SMILES string of the molecule is Cc1ccc(C(=O)NC(=O)NC2CCC(C)CN2)cc1C1CC2CNC(C)CC2N(C)C1=O. The van der Waals surface area contributed by atoms with Crippen LogP contribution in [0.15, 0.2) is 18.2 Å². The third-order valence-electron chi connectivity index (χ3n) is 7.66. The summed E-state index contributed by atoms with van der Waals surface area (Å²) in [5.74, 6) is 0.356. The van der Waals surface area contributed by atoms with Gasteiger partial charge >= 0.3 is 6.03 Å².